The lowest BCUT2D eigenvalue weighted by atomic mass is 10.2. The first-order valence-electron chi connectivity index (χ1n) is 7.47. The van der Waals surface area contributed by atoms with Crippen LogP contribution >= 0.6 is 0 Å². The Morgan fingerprint density at radius 1 is 1.05 bits per heavy atom. The van der Waals surface area contributed by atoms with Crippen molar-refractivity contribution in [3.05, 3.63) is 77.9 Å². The highest BCUT2D eigenvalue weighted by Gasteiger charge is 2.01. The molecule has 0 aromatic heterocycles. The van der Waals surface area contributed by atoms with Gasteiger partial charge in [0.25, 0.3) is 0 Å². The lowest BCUT2D eigenvalue weighted by Gasteiger charge is -2.16. The van der Waals surface area contributed by atoms with Crippen molar-refractivity contribution in [3.63, 3.8) is 0 Å². The Bertz CT molecular complexity index is 593. The van der Waals surface area contributed by atoms with Crippen LogP contribution in [-0.2, 0) is 11.3 Å². The Morgan fingerprint density at radius 2 is 1.68 bits per heavy atom. The molecule has 0 saturated carbocycles. The third kappa shape index (κ3) is 5.94. The molecule has 0 aliphatic heterocycles. The van der Waals surface area contributed by atoms with E-state index in [1.165, 1.54) is 5.56 Å². The third-order valence-electron chi connectivity index (χ3n) is 3.31. The van der Waals surface area contributed by atoms with E-state index in [2.05, 4.69) is 29.4 Å². The second kappa shape index (κ2) is 8.80. The van der Waals surface area contributed by atoms with Gasteiger partial charge in [0, 0.05) is 25.7 Å². The van der Waals surface area contributed by atoms with Gasteiger partial charge in [-0.1, -0.05) is 60.7 Å². The van der Waals surface area contributed by atoms with Gasteiger partial charge in [0.15, 0.2) is 0 Å². The van der Waals surface area contributed by atoms with Gasteiger partial charge < -0.3 is 10.2 Å². The fourth-order valence-electron chi connectivity index (χ4n) is 2.14. The molecule has 1 amide bonds. The van der Waals surface area contributed by atoms with Crippen molar-refractivity contribution in [1.82, 2.24) is 10.2 Å². The molecule has 2 aromatic rings. The molecule has 3 heteroatoms. The van der Waals surface area contributed by atoms with E-state index in [0.717, 1.165) is 18.7 Å². The maximum Gasteiger partial charge on any atom is 0.244 e. The van der Waals surface area contributed by atoms with Crippen LogP contribution in [-0.4, -0.2) is 30.9 Å². The Balaban J connectivity index is 1.67. The predicted molar refractivity (Wildman–Crippen MR) is 91.3 cm³/mol. The minimum absolute atomic E-state index is 0.0584. The Labute approximate surface area is 132 Å². The van der Waals surface area contributed by atoms with Gasteiger partial charge in [0.1, 0.15) is 0 Å². The first kappa shape index (κ1) is 16.0. The molecule has 114 valence electrons. The Kier molecular flexibility index (Phi) is 6.39. The van der Waals surface area contributed by atoms with Crippen LogP contribution in [0.4, 0.5) is 0 Å². The molecule has 2 aromatic carbocycles. The number of likely N-dealkylation sites (N-methyl/N-ethyl adjacent to an activating group) is 1. The van der Waals surface area contributed by atoms with Gasteiger partial charge in [-0.2, -0.15) is 0 Å². The summed E-state index contributed by atoms with van der Waals surface area (Å²) < 4.78 is 0. The SMILES string of the molecule is CN(CCNC(=O)C=Cc1ccccc1)Cc1ccccc1. The number of carbonyl (C=O) groups excluding carboxylic acids is 1. The van der Waals surface area contributed by atoms with Crippen LogP contribution in [0, 0.1) is 0 Å². The van der Waals surface area contributed by atoms with Crippen LogP contribution in [0.25, 0.3) is 6.08 Å². The van der Waals surface area contributed by atoms with Crippen LogP contribution in [0.15, 0.2) is 66.7 Å². The second-order valence-electron chi connectivity index (χ2n) is 5.26. The summed E-state index contributed by atoms with van der Waals surface area (Å²) in [5.41, 5.74) is 2.30. The Hall–Kier alpha value is -2.39. The number of nitrogens with one attached hydrogen (secondary N) is 1. The van der Waals surface area contributed by atoms with Crippen molar-refractivity contribution in [2.45, 2.75) is 6.54 Å². The van der Waals surface area contributed by atoms with Crippen LogP contribution in [0.5, 0.6) is 0 Å². The average molecular weight is 294 g/mol. The summed E-state index contributed by atoms with van der Waals surface area (Å²) in [6, 6.07) is 20.1. The average Bonchev–Trinajstić information content (AvgIpc) is 2.55. The summed E-state index contributed by atoms with van der Waals surface area (Å²) in [4.78, 5) is 13.9. The quantitative estimate of drug-likeness (QED) is 0.796. The van der Waals surface area contributed by atoms with Crippen LogP contribution < -0.4 is 5.32 Å². The van der Waals surface area contributed by atoms with Gasteiger partial charge in [-0.15, -0.1) is 0 Å². The summed E-state index contributed by atoms with van der Waals surface area (Å²) >= 11 is 0. The molecule has 0 atom stereocenters. The molecule has 2 rings (SSSR count). The summed E-state index contributed by atoms with van der Waals surface area (Å²) in [6.45, 7) is 2.34. The number of nitrogens with zero attached hydrogens (tertiary/aromatic N) is 1. The van der Waals surface area contributed by atoms with Crippen LogP contribution in [0.3, 0.4) is 0 Å². The Morgan fingerprint density at radius 3 is 2.36 bits per heavy atom. The number of hydrogen-bond acceptors (Lipinski definition) is 2. The molecular formula is C19H22N2O. The highest BCUT2D eigenvalue weighted by molar-refractivity contribution is 5.91. The number of carbonyl (C=O) groups is 1. The monoisotopic (exact) mass is 294 g/mol. The minimum atomic E-state index is -0.0584. The molecule has 0 bridgehead atoms. The summed E-state index contributed by atoms with van der Waals surface area (Å²) in [5.74, 6) is -0.0584. The predicted octanol–water partition coefficient (Wildman–Crippen LogP) is 2.95. The summed E-state index contributed by atoms with van der Waals surface area (Å²) in [7, 11) is 2.05. The maximum absolute atomic E-state index is 11.7. The van der Waals surface area contributed by atoms with Crippen molar-refractivity contribution in [3.8, 4) is 0 Å². The lowest BCUT2D eigenvalue weighted by Crippen LogP contribution is -2.31. The molecule has 0 heterocycles. The molecule has 0 fully saturated rings. The van der Waals surface area contributed by atoms with Gasteiger partial charge in [-0.25, -0.2) is 0 Å². The molecule has 0 aliphatic carbocycles. The first-order valence-corrected chi connectivity index (χ1v) is 7.47. The normalized spacial score (nSPS) is 11.0. The van der Waals surface area contributed by atoms with Crippen molar-refractivity contribution >= 4 is 12.0 Å². The largest absolute Gasteiger partial charge is 0.351 e. The molecule has 0 unspecified atom stereocenters. The summed E-state index contributed by atoms with van der Waals surface area (Å²) in [5, 5.41) is 2.90. The van der Waals surface area contributed by atoms with E-state index in [1.54, 1.807) is 6.08 Å². The van der Waals surface area contributed by atoms with Gasteiger partial charge >= 0.3 is 0 Å². The molecular weight excluding hydrogens is 272 g/mol. The van der Waals surface area contributed by atoms with Crippen molar-refractivity contribution in [2.24, 2.45) is 0 Å². The molecule has 0 aliphatic rings. The molecule has 22 heavy (non-hydrogen) atoms. The minimum Gasteiger partial charge on any atom is -0.351 e. The molecule has 0 saturated heterocycles. The molecule has 0 radical (unpaired) electrons. The van der Waals surface area contributed by atoms with Crippen molar-refractivity contribution in [2.75, 3.05) is 20.1 Å². The molecule has 0 spiro atoms. The van der Waals surface area contributed by atoms with Crippen molar-refractivity contribution in [1.29, 1.82) is 0 Å². The topological polar surface area (TPSA) is 32.3 Å². The third-order valence-corrected chi connectivity index (χ3v) is 3.31. The second-order valence-corrected chi connectivity index (χ2v) is 5.26. The van der Waals surface area contributed by atoms with Gasteiger partial charge in [-0.3, -0.25) is 4.79 Å². The first-order chi connectivity index (χ1) is 10.7. The zero-order valence-electron chi connectivity index (χ0n) is 12.9. The maximum atomic E-state index is 11.7. The van der Waals surface area contributed by atoms with E-state index < -0.39 is 0 Å². The van der Waals surface area contributed by atoms with E-state index in [1.807, 2.05) is 54.6 Å². The van der Waals surface area contributed by atoms with E-state index in [4.69, 9.17) is 0 Å². The fraction of sp³-hybridized carbons (Fsp3) is 0.211. The summed E-state index contributed by atoms with van der Waals surface area (Å²) in [6.07, 6.45) is 3.40. The van der Waals surface area contributed by atoms with Crippen LogP contribution in [0.2, 0.25) is 0 Å². The zero-order chi connectivity index (χ0) is 15.6. The number of rotatable bonds is 7. The highest BCUT2D eigenvalue weighted by atomic mass is 16.1. The lowest BCUT2D eigenvalue weighted by molar-refractivity contribution is -0.116. The van der Waals surface area contributed by atoms with E-state index in [0.29, 0.717) is 6.54 Å². The van der Waals surface area contributed by atoms with Crippen molar-refractivity contribution < 1.29 is 4.79 Å². The smallest absolute Gasteiger partial charge is 0.244 e. The van der Waals surface area contributed by atoms with E-state index in [9.17, 15) is 4.79 Å². The van der Waals surface area contributed by atoms with Gasteiger partial charge in [-0.05, 0) is 24.3 Å². The van der Waals surface area contributed by atoms with E-state index in [-0.39, 0.29) is 5.91 Å². The van der Waals surface area contributed by atoms with E-state index >= 15 is 0 Å². The van der Waals surface area contributed by atoms with Crippen LogP contribution in [0.1, 0.15) is 11.1 Å². The molecule has 1 N–H and O–H groups in total. The zero-order valence-corrected chi connectivity index (χ0v) is 12.9. The number of hydrogen-bond donors (Lipinski definition) is 1. The highest BCUT2D eigenvalue weighted by Crippen LogP contribution is 2.02. The number of amides is 1. The fourth-order valence-corrected chi connectivity index (χ4v) is 2.14. The van der Waals surface area contributed by atoms with Gasteiger partial charge in [0.05, 0.1) is 0 Å². The standard InChI is InChI=1S/C19H22N2O/c1-21(16-18-10-6-3-7-11-18)15-14-20-19(22)13-12-17-8-4-2-5-9-17/h2-13H,14-16H2,1H3,(H,20,22). The molecule has 3 nitrogen and oxygen atoms in total. The van der Waals surface area contributed by atoms with Gasteiger partial charge in [0.2, 0.25) is 5.91 Å². The number of benzene rings is 2.